The molecule has 1 heterocycles. The molecule has 4 nitrogen and oxygen atoms in total. The van der Waals surface area contributed by atoms with Crippen molar-refractivity contribution in [2.75, 3.05) is 7.11 Å². The van der Waals surface area contributed by atoms with Crippen LogP contribution in [0.3, 0.4) is 0 Å². The summed E-state index contributed by atoms with van der Waals surface area (Å²) in [6.45, 7) is 0. The minimum atomic E-state index is -4.96. The Bertz CT molecular complexity index is 714. The summed E-state index contributed by atoms with van der Waals surface area (Å²) < 4.78 is 58.5. The van der Waals surface area contributed by atoms with E-state index in [0.29, 0.717) is 6.42 Å². The Morgan fingerprint density at radius 2 is 1.78 bits per heavy atom. The lowest BCUT2D eigenvalue weighted by atomic mass is 9.87. The number of epoxide rings is 1. The summed E-state index contributed by atoms with van der Waals surface area (Å²) in [5, 5.41) is 0. The van der Waals surface area contributed by atoms with Crippen LogP contribution in [0.5, 0.6) is 0 Å². The van der Waals surface area contributed by atoms with Crippen molar-refractivity contribution in [1.29, 1.82) is 0 Å². The standard InChI is InChI=1S/C20H23F3O4/c1-25-19(20(21,22)23,14-8-3-2-4-9-14)16(24)26-15-10-7-13-18(15)17(27-18)11-5-6-12-17/h2-4,8-9,15H,5-7,10-13H2,1H3. The van der Waals surface area contributed by atoms with Gasteiger partial charge in [0.05, 0.1) is 0 Å². The molecule has 2 saturated carbocycles. The molecular weight excluding hydrogens is 361 g/mol. The second-order valence-corrected chi connectivity index (χ2v) is 7.73. The lowest BCUT2D eigenvalue weighted by Crippen LogP contribution is -2.53. The molecule has 0 radical (unpaired) electrons. The lowest BCUT2D eigenvalue weighted by molar-refractivity contribution is -0.278. The number of esters is 1. The predicted octanol–water partition coefficient (Wildman–Crippen LogP) is 4.27. The molecule has 1 aromatic rings. The minimum absolute atomic E-state index is 0.288. The zero-order valence-corrected chi connectivity index (χ0v) is 15.2. The molecule has 1 aromatic carbocycles. The van der Waals surface area contributed by atoms with Crippen LogP contribution in [-0.2, 0) is 24.6 Å². The highest BCUT2D eigenvalue weighted by Crippen LogP contribution is 2.65. The van der Waals surface area contributed by atoms with Crippen molar-refractivity contribution >= 4 is 5.97 Å². The molecule has 1 aliphatic heterocycles. The van der Waals surface area contributed by atoms with Crippen LogP contribution in [0.4, 0.5) is 13.2 Å². The third-order valence-electron chi connectivity index (χ3n) is 6.48. The molecule has 1 saturated heterocycles. The SMILES string of the molecule is COC(C(=O)OC1CCCC12OC21CCCC1)(c1ccccc1)C(F)(F)F. The molecule has 0 N–H and O–H groups in total. The van der Waals surface area contributed by atoms with Gasteiger partial charge in [-0.25, -0.2) is 4.79 Å². The summed E-state index contributed by atoms with van der Waals surface area (Å²) in [6, 6.07) is 6.93. The normalized spacial score (nSPS) is 31.2. The predicted molar refractivity (Wildman–Crippen MR) is 89.9 cm³/mol. The van der Waals surface area contributed by atoms with Gasteiger partial charge >= 0.3 is 12.1 Å². The molecule has 3 atom stereocenters. The van der Waals surface area contributed by atoms with E-state index in [1.165, 1.54) is 24.3 Å². The summed E-state index contributed by atoms with van der Waals surface area (Å²) in [4.78, 5) is 12.9. The van der Waals surface area contributed by atoms with Gasteiger partial charge in [0.2, 0.25) is 0 Å². The molecule has 27 heavy (non-hydrogen) atoms. The number of hydrogen-bond acceptors (Lipinski definition) is 4. The van der Waals surface area contributed by atoms with Crippen LogP contribution >= 0.6 is 0 Å². The quantitative estimate of drug-likeness (QED) is 0.575. The number of carbonyl (C=O) groups excluding carboxylic acids is 1. The summed E-state index contributed by atoms with van der Waals surface area (Å²) in [6.07, 6.45) is 0.237. The molecule has 0 amide bonds. The highest BCUT2D eigenvalue weighted by molar-refractivity contribution is 5.83. The topological polar surface area (TPSA) is 48.1 Å². The fraction of sp³-hybridized carbons (Fsp3) is 0.650. The zero-order valence-electron chi connectivity index (χ0n) is 15.2. The van der Waals surface area contributed by atoms with Gasteiger partial charge in [0.25, 0.3) is 5.60 Å². The summed E-state index contributed by atoms with van der Waals surface area (Å²) in [5.41, 5.74) is -4.35. The van der Waals surface area contributed by atoms with Crippen molar-refractivity contribution in [3.63, 3.8) is 0 Å². The molecule has 3 aliphatic rings. The van der Waals surface area contributed by atoms with E-state index in [0.717, 1.165) is 45.6 Å². The van der Waals surface area contributed by atoms with Crippen molar-refractivity contribution in [1.82, 2.24) is 0 Å². The first kappa shape index (κ1) is 18.7. The monoisotopic (exact) mass is 384 g/mol. The van der Waals surface area contributed by atoms with E-state index >= 15 is 0 Å². The first-order valence-electron chi connectivity index (χ1n) is 9.40. The zero-order chi connectivity index (χ0) is 19.3. The Morgan fingerprint density at radius 3 is 2.37 bits per heavy atom. The van der Waals surface area contributed by atoms with Crippen molar-refractivity contribution in [2.45, 2.75) is 74.0 Å². The Morgan fingerprint density at radius 1 is 1.11 bits per heavy atom. The van der Waals surface area contributed by atoms with Gasteiger partial charge in [-0.3, -0.25) is 0 Å². The van der Waals surface area contributed by atoms with Crippen LogP contribution in [-0.4, -0.2) is 36.6 Å². The maximum Gasteiger partial charge on any atom is 0.432 e. The first-order chi connectivity index (χ1) is 12.8. The molecule has 7 heteroatoms. The van der Waals surface area contributed by atoms with Gasteiger partial charge in [-0.1, -0.05) is 43.2 Å². The van der Waals surface area contributed by atoms with Crippen LogP contribution in [0.2, 0.25) is 0 Å². The van der Waals surface area contributed by atoms with Gasteiger partial charge in [-0.05, 0) is 32.1 Å². The molecule has 3 fully saturated rings. The van der Waals surface area contributed by atoms with Crippen LogP contribution in [0, 0.1) is 0 Å². The van der Waals surface area contributed by atoms with Gasteiger partial charge < -0.3 is 14.2 Å². The number of alkyl halides is 3. The van der Waals surface area contributed by atoms with Crippen LogP contribution in [0.1, 0.15) is 50.5 Å². The number of carbonyl (C=O) groups is 1. The van der Waals surface area contributed by atoms with Gasteiger partial charge in [0.1, 0.15) is 17.3 Å². The third kappa shape index (κ3) is 2.54. The largest absolute Gasteiger partial charge is 0.457 e. The molecule has 3 unspecified atom stereocenters. The van der Waals surface area contributed by atoms with E-state index in [1.54, 1.807) is 6.07 Å². The first-order valence-corrected chi connectivity index (χ1v) is 9.40. The van der Waals surface area contributed by atoms with Gasteiger partial charge in [-0.15, -0.1) is 0 Å². The maximum atomic E-state index is 14.0. The average Bonchev–Trinajstić information content (AvgIpc) is 2.91. The number of ether oxygens (including phenoxy) is 3. The van der Waals surface area contributed by atoms with E-state index in [-0.39, 0.29) is 11.2 Å². The molecule has 0 aromatic heterocycles. The van der Waals surface area contributed by atoms with Crippen molar-refractivity contribution < 1.29 is 32.2 Å². The second kappa shape index (κ2) is 6.21. The van der Waals surface area contributed by atoms with Crippen LogP contribution in [0.15, 0.2) is 30.3 Å². The van der Waals surface area contributed by atoms with Crippen LogP contribution < -0.4 is 0 Å². The molecular formula is C20H23F3O4. The highest BCUT2D eigenvalue weighted by Gasteiger charge is 2.76. The highest BCUT2D eigenvalue weighted by atomic mass is 19.4. The molecule has 2 aliphatic carbocycles. The van der Waals surface area contributed by atoms with Crippen molar-refractivity contribution in [3.05, 3.63) is 35.9 Å². The average molecular weight is 384 g/mol. The van der Waals surface area contributed by atoms with Crippen LogP contribution in [0.25, 0.3) is 0 Å². The van der Waals surface area contributed by atoms with E-state index in [1.807, 2.05) is 0 Å². The number of hydrogen-bond donors (Lipinski definition) is 0. The number of methoxy groups -OCH3 is 1. The van der Waals surface area contributed by atoms with Crippen molar-refractivity contribution in [2.24, 2.45) is 0 Å². The Kier molecular flexibility index (Phi) is 4.31. The van der Waals surface area contributed by atoms with Gasteiger partial charge in [0.15, 0.2) is 0 Å². The van der Waals surface area contributed by atoms with E-state index in [4.69, 9.17) is 14.2 Å². The van der Waals surface area contributed by atoms with E-state index in [2.05, 4.69) is 0 Å². The van der Waals surface area contributed by atoms with Gasteiger partial charge in [0, 0.05) is 12.7 Å². The Hall–Kier alpha value is -1.60. The second-order valence-electron chi connectivity index (χ2n) is 7.73. The summed E-state index contributed by atoms with van der Waals surface area (Å²) >= 11 is 0. The van der Waals surface area contributed by atoms with Crippen molar-refractivity contribution in [3.8, 4) is 0 Å². The van der Waals surface area contributed by atoms with E-state index in [9.17, 15) is 18.0 Å². The molecule has 4 rings (SSSR count). The molecule has 148 valence electrons. The summed E-state index contributed by atoms with van der Waals surface area (Å²) in [7, 11) is 0.887. The fourth-order valence-corrected chi connectivity index (χ4v) is 5.13. The molecule has 0 bridgehead atoms. The maximum absolute atomic E-state index is 14.0. The number of rotatable bonds is 4. The minimum Gasteiger partial charge on any atom is -0.457 e. The lowest BCUT2D eigenvalue weighted by Gasteiger charge is -2.34. The Balaban J connectivity index is 1.63. The number of fused-ring (bicyclic) bond motifs is 1. The number of benzene rings is 1. The third-order valence-corrected chi connectivity index (χ3v) is 6.48. The van der Waals surface area contributed by atoms with Gasteiger partial charge in [-0.2, -0.15) is 13.2 Å². The summed E-state index contributed by atoms with van der Waals surface area (Å²) in [5.74, 6) is -1.42. The number of halogens is 3. The smallest absolute Gasteiger partial charge is 0.432 e. The fourth-order valence-electron chi connectivity index (χ4n) is 5.13. The van der Waals surface area contributed by atoms with E-state index < -0.39 is 29.5 Å². The molecule has 2 spiro atoms. The Labute approximate surface area is 156 Å².